The van der Waals surface area contributed by atoms with Gasteiger partial charge in [0.1, 0.15) is 5.75 Å². The smallest absolute Gasteiger partial charge is 0.335 e. The molecule has 1 aliphatic heterocycles. The highest BCUT2D eigenvalue weighted by atomic mass is 16.5. The molecule has 0 radical (unpaired) electrons. The molecule has 184 valence electrons. The maximum atomic E-state index is 11.5. The number of hydrogen-bond acceptors (Lipinski definition) is 5. The molecule has 1 aromatic heterocycles. The number of nitrogens with zero attached hydrogens (tertiary/aromatic N) is 3. The Labute approximate surface area is 206 Å². The van der Waals surface area contributed by atoms with Gasteiger partial charge in [-0.2, -0.15) is 5.10 Å². The van der Waals surface area contributed by atoms with Crippen LogP contribution in [-0.4, -0.2) is 45.7 Å². The first-order valence-corrected chi connectivity index (χ1v) is 12.4. The summed E-state index contributed by atoms with van der Waals surface area (Å²) in [4.78, 5) is 14.0. The number of rotatable bonds is 9. The molecule has 35 heavy (non-hydrogen) atoms. The Morgan fingerprint density at radius 3 is 2.54 bits per heavy atom. The fourth-order valence-corrected chi connectivity index (χ4v) is 4.38. The molecule has 1 N–H and O–H groups in total. The number of carboxylic acid groups (broad SMARTS) is 1. The van der Waals surface area contributed by atoms with Crippen LogP contribution in [-0.2, 0) is 16.1 Å². The van der Waals surface area contributed by atoms with Gasteiger partial charge in [0.25, 0.3) is 0 Å². The van der Waals surface area contributed by atoms with E-state index >= 15 is 0 Å². The summed E-state index contributed by atoms with van der Waals surface area (Å²) < 4.78 is 13.7. The lowest BCUT2D eigenvalue weighted by atomic mass is 10.1. The Kier molecular flexibility index (Phi) is 6.28. The number of anilines is 1. The van der Waals surface area contributed by atoms with Gasteiger partial charge in [0.15, 0.2) is 5.60 Å². The van der Waals surface area contributed by atoms with Crippen LogP contribution in [0.25, 0.3) is 16.9 Å². The van der Waals surface area contributed by atoms with Crippen molar-refractivity contribution in [2.45, 2.75) is 58.3 Å². The minimum absolute atomic E-state index is 0.0977. The van der Waals surface area contributed by atoms with Crippen molar-refractivity contribution in [3.8, 4) is 22.7 Å². The van der Waals surface area contributed by atoms with Crippen molar-refractivity contribution in [2.24, 2.45) is 5.92 Å². The zero-order chi connectivity index (χ0) is 24.6. The molecule has 2 fully saturated rings. The van der Waals surface area contributed by atoms with Gasteiger partial charge >= 0.3 is 5.97 Å². The molecule has 1 saturated heterocycles. The second kappa shape index (κ2) is 9.38. The third-order valence-electron chi connectivity index (χ3n) is 6.69. The van der Waals surface area contributed by atoms with Gasteiger partial charge < -0.3 is 19.5 Å². The average Bonchev–Trinajstić information content (AvgIpc) is 3.38. The van der Waals surface area contributed by atoms with Crippen LogP contribution < -0.4 is 9.64 Å². The van der Waals surface area contributed by atoms with Crippen LogP contribution in [0.15, 0.2) is 54.6 Å². The van der Waals surface area contributed by atoms with Crippen LogP contribution in [0.1, 0.15) is 45.7 Å². The summed E-state index contributed by atoms with van der Waals surface area (Å²) in [5.74, 6) is 0.499. The minimum atomic E-state index is -1.30. The molecule has 0 bridgehead atoms. The van der Waals surface area contributed by atoms with Crippen LogP contribution in [0.2, 0.25) is 0 Å². The van der Waals surface area contributed by atoms with E-state index in [1.54, 1.807) is 13.8 Å². The van der Waals surface area contributed by atoms with Gasteiger partial charge in [0.2, 0.25) is 0 Å². The third-order valence-corrected chi connectivity index (χ3v) is 6.69. The van der Waals surface area contributed by atoms with E-state index in [2.05, 4.69) is 42.2 Å². The lowest BCUT2D eigenvalue weighted by molar-refractivity contribution is -0.162. The predicted octanol–water partition coefficient (Wildman–Crippen LogP) is 5.31. The van der Waals surface area contributed by atoms with Crippen molar-refractivity contribution in [1.29, 1.82) is 0 Å². The third kappa shape index (κ3) is 5.20. The number of ether oxygens (including phenoxy) is 2. The maximum absolute atomic E-state index is 11.5. The molecule has 0 spiro atoms. The Morgan fingerprint density at radius 2 is 1.86 bits per heavy atom. The number of carbonyl (C=O) groups is 1. The van der Waals surface area contributed by atoms with Gasteiger partial charge in [0, 0.05) is 18.7 Å². The maximum Gasteiger partial charge on any atom is 0.335 e. The summed E-state index contributed by atoms with van der Waals surface area (Å²) in [6.07, 6.45) is 3.69. The molecule has 2 aliphatic rings. The van der Waals surface area contributed by atoms with Crippen molar-refractivity contribution in [3.63, 3.8) is 0 Å². The summed E-state index contributed by atoms with van der Waals surface area (Å²) >= 11 is 0. The molecule has 2 aromatic carbocycles. The standard InChI is InChI=1S/C28H33N3O4/c1-19-13-14-30(17-19)24-9-4-5-10-25(24)31-26(16-21(29-31)18-34-28(2,3)27(32)33)20-7-6-8-23(15-20)35-22-11-12-22/h4-10,15-16,19,22H,11-14,17-18H2,1-3H3,(H,32,33)/t19-/m0/s1. The summed E-state index contributed by atoms with van der Waals surface area (Å²) in [6.45, 7) is 7.52. The predicted molar refractivity (Wildman–Crippen MR) is 135 cm³/mol. The van der Waals surface area contributed by atoms with Crippen molar-refractivity contribution in [1.82, 2.24) is 9.78 Å². The lowest BCUT2D eigenvalue weighted by Crippen LogP contribution is -2.34. The van der Waals surface area contributed by atoms with Crippen LogP contribution in [0.4, 0.5) is 5.69 Å². The van der Waals surface area contributed by atoms with Gasteiger partial charge in [0.05, 0.1) is 35.5 Å². The molecule has 2 heterocycles. The zero-order valence-electron chi connectivity index (χ0n) is 20.6. The molecule has 7 nitrogen and oxygen atoms in total. The fraction of sp³-hybridized carbons (Fsp3) is 0.429. The first-order chi connectivity index (χ1) is 16.8. The highest BCUT2D eigenvalue weighted by molar-refractivity contribution is 5.76. The molecular weight excluding hydrogens is 442 g/mol. The van der Waals surface area contributed by atoms with E-state index in [0.29, 0.717) is 17.7 Å². The molecule has 0 amide bonds. The Balaban J connectivity index is 1.55. The quantitative estimate of drug-likeness (QED) is 0.452. The van der Waals surface area contributed by atoms with Gasteiger partial charge in [-0.15, -0.1) is 0 Å². The molecule has 1 saturated carbocycles. The normalized spacial score (nSPS) is 18.1. The van der Waals surface area contributed by atoms with E-state index in [0.717, 1.165) is 54.3 Å². The number of hydrogen-bond donors (Lipinski definition) is 1. The van der Waals surface area contributed by atoms with Crippen molar-refractivity contribution in [2.75, 3.05) is 18.0 Å². The van der Waals surface area contributed by atoms with E-state index in [4.69, 9.17) is 14.6 Å². The monoisotopic (exact) mass is 475 g/mol. The van der Waals surface area contributed by atoms with Crippen LogP contribution in [0, 0.1) is 5.92 Å². The SMILES string of the molecule is C[C@H]1CCN(c2ccccc2-n2nc(COC(C)(C)C(=O)O)cc2-c2cccc(OC3CC3)c2)C1. The lowest BCUT2D eigenvalue weighted by Gasteiger charge is -2.22. The molecule has 5 rings (SSSR count). The second-order valence-corrected chi connectivity index (χ2v) is 10.2. The molecule has 3 aromatic rings. The molecular formula is C28H33N3O4. The van der Waals surface area contributed by atoms with Crippen LogP contribution in [0.5, 0.6) is 5.75 Å². The first kappa shape index (κ1) is 23.4. The zero-order valence-corrected chi connectivity index (χ0v) is 20.6. The van der Waals surface area contributed by atoms with Gasteiger partial charge in [-0.25, -0.2) is 9.48 Å². The minimum Gasteiger partial charge on any atom is -0.490 e. The highest BCUT2D eigenvalue weighted by Gasteiger charge is 2.29. The van der Waals surface area contributed by atoms with E-state index in [9.17, 15) is 9.90 Å². The first-order valence-electron chi connectivity index (χ1n) is 12.4. The van der Waals surface area contributed by atoms with Gasteiger partial charge in [-0.05, 0) is 69.4 Å². The topological polar surface area (TPSA) is 76.8 Å². The number of para-hydroxylation sites is 2. The Hall–Kier alpha value is -3.32. The van der Waals surface area contributed by atoms with Crippen molar-refractivity contribution < 1.29 is 19.4 Å². The van der Waals surface area contributed by atoms with E-state index in [1.807, 2.05) is 28.9 Å². The second-order valence-electron chi connectivity index (χ2n) is 10.2. The number of benzene rings is 2. The van der Waals surface area contributed by atoms with Gasteiger partial charge in [-0.1, -0.05) is 31.2 Å². The summed E-state index contributed by atoms with van der Waals surface area (Å²) in [7, 11) is 0. The van der Waals surface area contributed by atoms with Crippen LogP contribution >= 0.6 is 0 Å². The summed E-state index contributed by atoms with van der Waals surface area (Å²) in [6, 6.07) is 18.4. The Morgan fingerprint density at radius 1 is 1.09 bits per heavy atom. The van der Waals surface area contributed by atoms with Crippen molar-refractivity contribution in [3.05, 3.63) is 60.3 Å². The van der Waals surface area contributed by atoms with E-state index in [-0.39, 0.29) is 6.61 Å². The van der Waals surface area contributed by atoms with Crippen LogP contribution in [0.3, 0.4) is 0 Å². The fourth-order valence-electron chi connectivity index (χ4n) is 4.38. The summed E-state index contributed by atoms with van der Waals surface area (Å²) in [5, 5.41) is 14.4. The van der Waals surface area contributed by atoms with Gasteiger partial charge in [-0.3, -0.25) is 0 Å². The summed E-state index contributed by atoms with van der Waals surface area (Å²) in [5.41, 5.74) is 3.42. The molecule has 7 heteroatoms. The number of carboxylic acids is 1. The van der Waals surface area contributed by atoms with E-state index in [1.165, 1.54) is 6.42 Å². The van der Waals surface area contributed by atoms with Crippen molar-refractivity contribution >= 4 is 11.7 Å². The molecule has 1 aliphatic carbocycles. The molecule has 0 unspecified atom stereocenters. The largest absolute Gasteiger partial charge is 0.490 e. The Bertz CT molecular complexity index is 1210. The van der Waals surface area contributed by atoms with E-state index < -0.39 is 11.6 Å². The number of aliphatic carboxylic acids is 1. The average molecular weight is 476 g/mol. The molecule has 1 atom stereocenters. The number of aromatic nitrogens is 2. The highest BCUT2D eigenvalue weighted by Crippen LogP contribution is 2.35.